The van der Waals surface area contributed by atoms with E-state index in [-0.39, 0.29) is 23.8 Å². The molecule has 1 saturated carbocycles. The van der Waals surface area contributed by atoms with Gasteiger partial charge in [-0.15, -0.1) is 0 Å². The van der Waals surface area contributed by atoms with Crippen LogP contribution >= 0.6 is 0 Å². The maximum absolute atomic E-state index is 14.5. The Kier molecular flexibility index (Phi) is 10.2. The molecule has 1 fully saturated rings. The predicted octanol–water partition coefficient (Wildman–Crippen LogP) is 6.31. The van der Waals surface area contributed by atoms with Crippen LogP contribution in [0.2, 0.25) is 0 Å². The molecule has 2 aromatic carbocycles. The van der Waals surface area contributed by atoms with Crippen molar-refractivity contribution in [2.45, 2.75) is 97.9 Å². The summed E-state index contributed by atoms with van der Waals surface area (Å²) in [6.45, 7) is 13.2. The van der Waals surface area contributed by atoms with E-state index < -0.39 is 23.8 Å². The van der Waals surface area contributed by atoms with Crippen molar-refractivity contribution in [1.29, 1.82) is 0 Å². The van der Waals surface area contributed by atoms with E-state index in [0.717, 1.165) is 36.0 Å². The Hall–Kier alpha value is -3.55. The molecule has 0 saturated heterocycles. The highest BCUT2D eigenvalue weighted by atomic mass is 16.6. The summed E-state index contributed by atoms with van der Waals surface area (Å²) in [5, 5.41) is 5.87. The number of amides is 3. The molecule has 8 nitrogen and oxygen atoms in total. The van der Waals surface area contributed by atoms with Crippen LogP contribution in [0.1, 0.15) is 83.0 Å². The number of methoxy groups -OCH3 is 1. The van der Waals surface area contributed by atoms with E-state index in [9.17, 15) is 14.4 Å². The van der Waals surface area contributed by atoms with Crippen molar-refractivity contribution in [2.75, 3.05) is 12.4 Å². The number of carbonyl (C=O) groups is 3. The molecule has 0 spiro atoms. The largest absolute Gasteiger partial charge is 0.497 e. The number of nitrogens with zero attached hydrogens (tertiary/aromatic N) is 1. The molecular weight excluding hydrogens is 506 g/mol. The van der Waals surface area contributed by atoms with Crippen LogP contribution in [0.15, 0.2) is 42.5 Å². The minimum absolute atomic E-state index is 0.119. The number of nitrogens with one attached hydrogen (secondary N) is 2. The highest BCUT2D eigenvalue weighted by Crippen LogP contribution is 2.36. The number of hydrogen-bond acceptors (Lipinski definition) is 5. The highest BCUT2D eigenvalue weighted by molar-refractivity contribution is 5.99. The molecule has 0 aromatic heterocycles. The van der Waals surface area contributed by atoms with Gasteiger partial charge in [0.25, 0.3) is 5.91 Å². The Morgan fingerprint density at radius 1 is 1.05 bits per heavy atom. The Morgan fingerprint density at radius 3 is 2.23 bits per heavy atom. The first-order valence-corrected chi connectivity index (χ1v) is 14.2. The number of benzene rings is 2. The lowest BCUT2D eigenvalue weighted by atomic mass is 9.86. The zero-order valence-corrected chi connectivity index (χ0v) is 25.2. The zero-order valence-electron chi connectivity index (χ0n) is 25.2. The molecule has 1 aliphatic carbocycles. The Balaban J connectivity index is 2.06. The van der Waals surface area contributed by atoms with E-state index in [4.69, 9.17) is 9.47 Å². The Bertz CT molecular complexity index is 1180. The molecule has 0 heterocycles. The minimum Gasteiger partial charge on any atom is -0.497 e. The van der Waals surface area contributed by atoms with Gasteiger partial charge in [0.2, 0.25) is 5.91 Å². The first-order valence-electron chi connectivity index (χ1n) is 14.2. The normalized spacial score (nSPS) is 15.7. The topological polar surface area (TPSA) is 97.0 Å². The second kappa shape index (κ2) is 13.2. The van der Waals surface area contributed by atoms with Crippen LogP contribution in [-0.2, 0) is 14.3 Å². The molecule has 2 N–H and O–H groups in total. The Morgan fingerprint density at radius 2 is 1.70 bits per heavy atom. The third kappa shape index (κ3) is 7.77. The van der Waals surface area contributed by atoms with Crippen LogP contribution in [0.4, 0.5) is 10.5 Å². The second-order valence-corrected chi connectivity index (χ2v) is 11.8. The van der Waals surface area contributed by atoms with Crippen LogP contribution in [0, 0.1) is 19.8 Å². The second-order valence-electron chi connectivity index (χ2n) is 11.8. The number of hydrogen-bond donors (Lipinski definition) is 2. The van der Waals surface area contributed by atoms with Gasteiger partial charge in [-0.2, -0.15) is 0 Å². The van der Waals surface area contributed by atoms with Gasteiger partial charge in [0, 0.05) is 11.7 Å². The summed E-state index contributed by atoms with van der Waals surface area (Å²) in [5.41, 5.74) is 2.58. The summed E-state index contributed by atoms with van der Waals surface area (Å²) < 4.78 is 10.8. The van der Waals surface area contributed by atoms with Crippen LogP contribution in [0.3, 0.4) is 0 Å². The Labute approximate surface area is 238 Å². The third-order valence-corrected chi connectivity index (χ3v) is 7.49. The van der Waals surface area contributed by atoms with Gasteiger partial charge in [-0.1, -0.05) is 44.0 Å². The van der Waals surface area contributed by atoms with E-state index in [2.05, 4.69) is 10.6 Å². The average Bonchev–Trinajstić information content (AvgIpc) is 2.86. The smallest absolute Gasteiger partial charge is 0.408 e. The first kappa shape index (κ1) is 31.0. The van der Waals surface area contributed by atoms with E-state index >= 15 is 0 Å². The van der Waals surface area contributed by atoms with E-state index in [1.807, 2.05) is 45.9 Å². The predicted molar refractivity (Wildman–Crippen MR) is 157 cm³/mol. The van der Waals surface area contributed by atoms with Crippen molar-refractivity contribution >= 4 is 23.6 Å². The van der Waals surface area contributed by atoms with Crippen molar-refractivity contribution in [3.8, 4) is 5.75 Å². The molecule has 40 heavy (non-hydrogen) atoms. The summed E-state index contributed by atoms with van der Waals surface area (Å²) in [4.78, 5) is 43.2. The maximum atomic E-state index is 14.5. The third-order valence-electron chi connectivity index (χ3n) is 7.49. The van der Waals surface area contributed by atoms with Crippen molar-refractivity contribution < 1.29 is 23.9 Å². The van der Waals surface area contributed by atoms with Gasteiger partial charge in [-0.05, 0) is 95.2 Å². The number of anilines is 1. The van der Waals surface area contributed by atoms with Gasteiger partial charge in [-0.3, -0.25) is 9.59 Å². The molecule has 0 bridgehead atoms. The van der Waals surface area contributed by atoms with Crippen molar-refractivity contribution in [3.63, 3.8) is 0 Å². The summed E-state index contributed by atoms with van der Waals surface area (Å²) in [6, 6.07) is 11.2. The number of alkyl carbamates (subject to hydrolysis) is 1. The lowest BCUT2D eigenvalue weighted by Gasteiger charge is -2.44. The van der Waals surface area contributed by atoms with Crippen molar-refractivity contribution in [1.82, 2.24) is 10.2 Å². The molecule has 218 valence electrons. The molecule has 1 aliphatic rings. The number of ether oxygens (including phenoxy) is 2. The molecule has 3 rings (SSSR count). The van der Waals surface area contributed by atoms with Gasteiger partial charge in [0.05, 0.1) is 7.11 Å². The maximum Gasteiger partial charge on any atom is 0.408 e. The van der Waals surface area contributed by atoms with E-state index in [1.54, 1.807) is 57.0 Å². The van der Waals surface area contributed by atoms with E-state index in [0.29, 0.717) is 17.9 Å². The van der Waals surface area contributed by atoms with Gasteiger partial charge in [0.15, 0.2) is 0 Å². The lowest BCUT2D eigenvalue weighted by Crippen LogP contribution is -2.58. The van der Waals surface area contributed by atoms with Crippen LogP contribution in [-0.4, -0.2) is 47.6 Å². The monoisotopic (exact) mass is 551 g/mol. The van der Waals surface area contributed by atoms with Crippen molar-refractivity contribution in [3.05, 3.63) is 59.2 Å². The molecule has 0 aliphatic heterocycles. The van der Waals surface area contributed by atoms with Gasteiger partial charge < -0.3 is 25.0 Å². The van der Waals surface area contributed by atoms with Crippen LogP contribution < -0.4 is 15.4 Å². The standard InChI is InChI=1S/C32H45N3O5/c1-9-21(3)27(34-31(38)40-32(5,6)7)30(37)35(24-11-10-12-24)28(26-19-20(2)13-14-22(26)4)29(36)33-23-15-17-25(39-8)18-16-23/h13-19,21,24,27-28H,9-12H2,1-8H3,(H,33,36)(H,34,38). The van der Waals surface area contributed by atoms with E-state index in [1.165, 1.54) is 0 Å². The lowest BCUT2D eigenvalue weighted by molar-refractivity contribution is -0.147. The summed E-state index contributed by atoms with van der Waals surface area (Å²) in [5.74, 6) is -0.0774. The molecule has 3 atom stereocenters. The number of aryl methyl sites for hydroxylation is 2. The molecule has 3 unspecified atom stereocenters. The average molecular weight is 552 g/mol. The van der Waals surface area contributed by atoms with Gasteiger partial charge in [-0.25, -0.2) is 4.79 Å². The zero-order chi connectivity index (χ0) is 29.6. The summed E-state index contributed by atoms with van der Waals surface area (Å²) in [6.07, 6.45) is 2.58. The number of carbonyl (C=O) groups excluding carboxylic acids is 3. The summed E-state index contributed by atoms with van der Waals surface area (Å²) >= 11 is 0. The quantitative estimate of drug-likeness (QED) is 0.361. The van der Waals surface area contributed by atoms with Crippen LogP contribution in [0.5, 0.6) is 5.75 Å². The SMILES string of the molecule is CCC(C)C(NC(=O)OC(C)(C)C)C(=O)N(C1CCC1)C(C(=O)Nc1ccc(OC)cc1)c1cc(C)ccc1C. The molecular formula is C32H45N3O5. The summed E-state index contributed by atoms with van der Waals surface area (Å²) in [7, 11) is 1.59. The fraction of sp³-hybridized carbons (Fsp3) is 0.531. The van der Waals surface area contributed by atoms with Crippen LogP contribution in [0.25, 0.3) is 0 Å². The molecule has 2 aromatic rings. The molecule has 3 amide bonds. The number of rotatable bonds is 10. The first-order chi connectivity index (χ1) is 18.8. The highest BCUT2D eigenvalue weighted by Gasteiger charge is 2.43. The van der Waals surface area contributed by atoms with Crippen molar-refractivity contribution in [2.24, 2.45) is 5.92 Å². The molecule has 8 heteroatoms. The van der Waals surface area contributed by atoms with Gasteiger partial charge in [0.1, 0.15) is 23.4 Å². The fourth-order valence-electron chi connectivity index (χ4n) is 4.82. The minimum atomic E-state index is -0.883. The molecule has 0 radical (unpaired) electrons. The fourth-order valence-corrected chi connectivity index (χ4v) is 4.82. The van der Waals surface area contributed by atoms with Gasteiger partial charge >= 0.3 is 6.09 Å².